The van der Waals surface area contributed by atoms with Crippen LogP contribution in [0.1, 0.15) is 37.2 Å². The van der Waals surface area contributed by atoms with Crippen molar-refractivity contribution >= 4 is 5.91 Å². The van der Waals surface area contributed by atoms with Crippen molar-refractivity contribution in [3.8, 4) is 0 Å². The highest BCUT2D eigenvalue weighted by Crippen LogP contribution is 2.20. The van der Waals surface area contributed by atoms with Gasteiger partial charge < -0.3 is 14.5 Å². The minimum absolute atomic E-state index is 0.149. The van der Waals surface area contributed by atoms with Crippen molar-refractivity contribution in [2.75, 3.05) is 26.2 Å². The lowest BCUT2D eigenvalue weighted by Gasteiger charge is -2.30. The summed E-state index contributed by atoms with van der Waals surface area (Å²) in [5, 5.41) is 3.06. The number of amides is 1. The average Bonchev–Trinajstić information content (AvgIpc) is 3.17. The molecule has 0 bridgehead atoms. The molecular weight excluding hydrogens is 280 g/mol. The second-order valence-corrected chi connectivity index (χ2v) is 6.44. The molecule has 122 valence electrons. The van der Waals surface area contributed by atoms with E-state index in [1.54, 1.807) is 0 Å². The van der Waals surface area contributed by atoms with E-state index in [0.29, 0.717) is 6.54 Å². The van der Waals surface area contributed by atoms with Crippen molar-refractivity contribution in [1.29, 1.82) is 0 Å². The van der Waals surface area contributed by atoms with E-state index in [1.165, 1.54) is 0 Å². The second-order valence-electron chi connectivity index (χ2n) is 6.44. The van der Waals surface area contributed by atoms with Gasteiger partial charge in [-0.15, -0.1) is 0 Å². The second kappa shape index (κ2) is 7.29. The lowest BCUT2D eigenvalue weighted by molar-refractivity contribution is -0.127. The molecule has 1 unspecified atom stereocenters. The number of nitrogens with one attached hydrogen (secondary N) is 1. The van der Waals surface area contributed by atoms with Crippen molar-refractivity contribution in [3.63, 3.8) is 0 Å². The predicted molar refractivity (Wildman–Crippen MR) is 83.4 cm³/mol. The molecule has 2 aliphatic heterocycles. The van der Waals surface area contributed by atoms with Gasteiger partial charge in [-0.3, -0.25) is 9.69 Å². The van der Waals surface area contributed by atoms with Crippen molar-refractivity contribution in [3.05, 3.63) is 23.7 Å². The molecule has 3 heterocycles. The van der Waals surface area contributed by atoms with Gasteiger partial charge in [-0.1, -0.05) is 0 Å². The van der Waals surface area contributed by atoms with Gasteiger partial charge in [0.2, 0.25) is 5.91 Å². The van der Waals surface area contributed by atoms with Crippen LogP contribution in [0.15, 0.2) is 16.5 Å². The molecule has 5 nitrogen and oxygen atoms in total. The third kappa shape index (κ3) is 4.11. The van der Waals surface area contributed by atoms with Crippen LogP contribution >= 0.6 is 0 Å². The van der Waals surface area contributed by atoms with Crippen LogP contribution in [0.5, 0.6) is 0 Å². The number of likely N-dealkylation sites (tertiary alicyclic amines) is 1. The van der Waals surface area contributed by atoms with E-state index in [0.717, 1.165) is 63.4 Å². The number of hydrogen-bond acceptors (Lipinski definition) is 4. The van der Waals surface area contributed by atoms with E-state index in [4.69, 9.17) is 9.15 Å². The summed E-state index contributed by atoms with van der Waals surface area (Å²) in [5.41, 5.74) is 0. The van der Waals surface area contributed by atoms with Crippen molar-refractivity contribution < 1.29 is 13.9 Å². The molecule has 1 N–H and O–H groups in total. The van der Waals surface area contributed by atoms with Gasteiger partial charge in [0.15, 0.2) is 0 Å². The minimum atomic E-state index is 0.149. The summed E-state index contributed by atoms with van der Waals surface area (Å²) in [6.07, 6.45) is 4.27. The molecule has 1 amide bonds. The van der Waals surface area contributed by atoms with E-state index in [1.807, 2.05) is 19.1 Å². The molecule has 2 saturated heterocycles. The Morgan fingerprint density at radius 1 is 1.32 bits per heavy atom. The molecule has 1 aromatic rings. The van der Waals surface area contributed by atoms with E-state index in [-0.39, 0.29) is 17.9 Å². The van der Waals surface area contributed by atoms with E-state index in [2.05, 4.69) is 10.2 Å². The molecule has 0 aliphatic carbocycles. The van der Waals surface area contributed by atoms with Gasteiger partial charge >= 0.3 is 0 Å². The Balaban J connectivity index is 1.38. The van der Waals surface area contributed by atoms with Crippen LogP contribution in [0.25, 0.3) is 0 Å². The molecule has 22 heavy (non-hydrogen) atoms. The summed E-state index contributed by atoms with van der Waals surface area (Å²) in [6, 6.07) is 4.04. The van der Waals surface area contributed by atoms with E-state index in [9.17, 15) is 4.79 Å². The maximum Gasteiger partial charge on any atom is 0.223 e. The first-order valence-corrected chi connectivity index (χ1v) is 8.37. The van der Waals surface area contributed by atoms with Gasteiger partial charge in [0.1, 0.15) is 11.5 Å². The van der Waals surface area contributed by atoms with Crippen molar-refractivity contribution in [2.45, 2.75) is 45.3 Å². The number of piperidine rings is 1. The Morgan fingerprint density at radius 2 is 2.14 bits per heavy atom. The van der Waals surface area contributed by atoms with Gasteiger partial charge in [-0.25, -0.2) is 0 Å². The van der Waals surface area contributed by atoms with Gasteiger partial charge in [-0.05, 0) is 57.8 Å². The smallest absolute Gasteiger partial charge is 0.223 e. The molecular formula is C17H26N2O3. The first kappa shape index (κ1) is 15.6. The molecule has 2 aliphatic rings. The number of carbonyl (C=O) groups is 1. The summed E-state index contributed by atoms with van der Waals surface area (Å²) in [6.45, 7) is 6.23. The lowest BCUT2D eigenvalue weighted by atomic mass is 9.95. The molecule has 0 saturated carbocycles. The first-order chi connectivity index (χ1) is 10.7. The number of nitrogens with zero attached hydrogens (tertiary/aromatic N) is 1. The molecule has 3 rings (SSSR count). The van der Waals surface area contributed by atoms with Crippen LogP contribution in [0.4, 0.5) is 0 Å². The zero-order chi connectivity index (χ0) is 15.4. The minimum Gasteiger partial charge on any atom is -0.465 e. The molecule has 5 heteroatoms. The van der Waals surface area contributed by atoms with Crippen LogP contribution in [-0.4, -0.2) is 43.2 Å². The lowest BCUT2D eigenvalue weighted by Crippen LogP contribution is -2.42. The Labute approximate surface area is 132 Å². The highest BCUT2D eigenvalue weighted by atomic mass is 16.5. The van der Waals surface area contributed by atoms with E-state index < -0.39 is 0 Å². The average molecular weight is 306 g/mol. The highest BCUT2D eigenvalue weighted by Gasteiger charge is 2.26. The van der Waals surface area contributed by atoms with Crippen LogP contribution in [0.2, 0.25) is 0 Å². The third-order valence-electron chi connectivity index (χ3n) is 4.66. The molecule has 2 fully saturated rings. The topological polar surface area (TPSA) is 54.7 Å². The maximum absolute atomic E-state index is 12.2. The monoisotopic (exact) mass is 306 g/mol. The highest BCUT2D eigenvalue weighted by molar-refractivity contribution is 5.78. The normalized spacial score (nSPS) is 23.8. The molecule has 1 atom stereocenters. The fourth-order valence-electron chi connectivity index (χ4n) is 3.31. The van der Waals surface area contributed by atoms with E-state index >= 15 is 0 Å². The zero-order valence-electron chi connectivity index (χ0n) is 13.3. The molecule has 0 radical (unpaired) electrons. The number of rotatable bonds is 5. The van der Waals surface area contributed by atoms with Gasteiger partial charge in [0.05, 0.1) is 12.6 Å². The number of ether oxygens (including phenoxy) is 1. The standard InChI is InChI=1S/C17H26N2O3/c1-13-4-5-16(22-13)12-19-8-6-14(7-9-19)17(20)18-11-15-3-2-10-21-15/h4-5,14-15H,2-3,6-12H2,1H3,(H,18,20). The molecule has 1 aromatic heterocycles. The number of aryl methyl sites for hydroxylation is 1. The number of carbonyl (C=O) groups excluding carboxylic acids is 1. The molecule has 0 aromatic carbocycles. The fourth-order valence-corrected chi connectivity index (χ4v) is 3.31. The largest absolute Gasteiger partial charge is 0.465 e. The Hall–Kier alpha value is -1.33. The Kier molecular flexibility index (Phi) is 5.16. The molecule has 0 spiro atoms. The summed E-state index contributed by atoms with van der Waals surface area (Å²) in [5.74, 6) is 2.32. The van der Waals surface area contributed by atoms with Crippen molar-refractivity contribution in [1.82, 2.24) is 10.2 Å². The predicted octanol–water partition coefficient (Wildman–Crippen LogP) is 2.10. The van der Waals surface area contributed by atoms with Crippen LogP contribution < -0.4 is 5.32 Å². The van der Waals surface area contributed by atoms with Crippen LogP contribution in [0, 0.1) is 12.8 Å². The van der Waals surface area contributed by atoms with Gasteiger partial charge in [-0.2, -0.15) is 0 Å². The van der Waals surface area contributed by atoms with Gasteiger partial charge in [0.25, 0.3) is 0 Å². The summed E-state index contributed by atoms with van der Waals surface area (Å²) in [7, 11) is 0. The third-order valence-corrected chi connectivity index (χ3v) is 4.66. The maximum atomic E-state index is 12.2. The van der Waals surface area contributed by atoms with Gasteiger partial charge in [0, 0.05) is 19.1 Å². The Bertz CT molecular complexity index is 486. The van der Waals surface area contributed by atoms with Crippen LogP contribution in [0.3, 0.4) is 0 Å². The summed E-state index contributed by atoms with van der Waals surface area (Å²) in [4.78, 5) is 14.6. The first-order valence-electron chi connectivity index (χ1n) is 8.37. The Morgan fingerprint density at radius 3 is 2.77 bits per heavy atom. The van der Waals surface area contributed by atoms with Crippen LogP contribution in [-0.2, 0) is 16.1 Å². The number of furan rings is 1. The summed E-state index contributed by atoms with van der Waals surface area (Å²) < 4.78 is 11.2. The number of hydrogen-bond donors (Lipinski definition) is 1. The van der Waals surface area contributed by atoms with Crippen molar-refractivity contribution in [2.24, 2.45) is 5.92 Å². The fraction of sp³-hybridized carbons (Fsp3) is 0.706. The SMILES string of the molecule is Cc1ccc(CN2CCC(C(=O)NCC3CCCO3)CC2)o1. The zero-order valence-corrected chi connectivity index (χ0v) is 13.3. The summed E-state index contributed by atoms with van der Waals surface area (Å²) >= 11 is 0. The quantitative estimate of drug-likeness (QED) is 0.905.